The molecule has 0 bridgehead atoms. The van der Waals surface area contributed by atoms with Crippen molar-refractivity contribution in [3.05, 3.63) is 71.5 Å². The first kappa shape index (κ1) is 23.3. The number of carboxylic acid groups (broad SMARTS) is 1. The summed E-state index contributed by atoms with van der Waals surface area (Å²) in [6.45, 7) is -0.0157. The summed E-state index contributed by atoms with van der Waals surface area (Å²) in [5.41, 5.74) is 1.69. The minimum Gasteiger partial charge on any atom is -0.481 e. The molecule has 32 heavy (non-hydrogen) atoms. The topological polar surface area (TPSA) is 108 Å². The Morgan fingerprint density at radius 3 is 2.41 bits per heavy atom. The van der Waals surface area contributed by atoms with Crippen LogP contribution in [0.1, 0.15) is 29.4 Å². The zero-order valence-electron chi connectivity index (χ0n) is 17.9. The molecule has 0 amide bonds. The Labute approximate surface area is 185 Å². The van der Waals surface area contributed by atoms with E-state index >= 15 is 0 Å². The third-order valence-electron chi connectivity index (χ3n) is 4.69. The van der Waals surface area contributed by atoms with Gasteiger partial charge in [-0.3, -0.25) is 4.79 Å². The average Bonchev–Trinajstić information content (AvgIpc) is 3.28. The minimum atomic E-state index is -1.00. The molecule has 0 saturated heterocycles. The molecule has 1 aromatic heterocycles. The number of aliphatic carboxylic acids is 1. The van der Waals surface area contributed by atoms with Crippen LogP contribution in [0.15, 0.2) is 59.0 Å². The number of aliphatic hydroxyl groups excluding tert-OH is 1. The second-order valence-corrected chi connectivity index (χ2v) is 6.96. The van der Waals surface area contributed by atoms with Gasteiger partial charge in [0.15, 0.2) is 13.6 Å². The molecule has 8 nitrogen and oxygen atoms in total. The number of aryl methyl sites for hydroxylation is 1. The van der Waals surface area contributed by atoms with Crippen molar-refractivity contribution in [2.75, 3.05) is 27.8 Å². The molecule has 0 spiro atoms. The van der Waals surface area contributed by atoms with Crippen molar-refractivity contribution in [3.8, 4) is 22.8 Å². The zero-order chi connectivity index (χ0) is 22.9. The predicted molar refractivity (Wildman–Crippen MR) is 116 cm³/mol. The van der Waals surface area contributed by atoms with E-state index in [1.54, 1.807) is 24.3 Å². The van der Waals surface area contributed by atoms with Crippen LogP contribution in [0.25, 0.3) is 11.3 Å². The van der Waals surface area contributed by atoms with Crippen LogP contribution < -0.4 is 9.47 Å². The number of carbonyl (C=O) groups is 1. The average molecular weight is 442 g/mol. The maximum atomic E-state index is 11.2. The molecule has 0 saturated carbocycles. The minimum absolute atomic E-state index is 0.0179. The highest BCUT2D eigenvalue weighted by Gasteiger charge is 2.24. The molecule has 0 radical (unpaired) electrons. The fraction of sp³-hybridized carbons (Fsp3) is 0.292. The van der Waals surface area contributed by atoms with Crippen LogP contribution in [-0.2, 0) is 20.7 Å². The Balaban J connectivity index is 2.11. The normalized spacial score (nSPS) is 11.8. The number of hydrogen-bond acceptors (Lipinski definition) is 7. The van der Waals surface area contributed by atoms with Crippen LogP contribution in [0.2, 0.25) is 0 Å². The number of methoxy groups -OCH3 is 2. The Kier molecular flexibility index (Phi) is 8.27. The van der Waals surface area contributed by atoms with Crippen LogP contribution in [0.4, 0.5) is 0 Å². The van der Waals surface area contributed by atoms with E-state index in [9.17, 15) is 9.90 Å². The zero-order valence-corrected chi connectivity index (χ0v) is 17.9. The van der Waals surface area contributed by atoms with Crippen molar-refractivity contribution in [3.63, 3.8) is 0 Å². The number of aliphatic hydroxyl groups is 1. The van der Waals surface area contributed by atoms with Gasteiger partial charge in [0.1, 0.15) is 29.1 Å². The first-order chi connectivity index (χ1) is 15.5. The summed E-state index contributed by atoms with van der Waals surface area (Å²) in [6, 6.07) is 16.0. The van der Waals surface area contributed by atoms with Crippen molar-refractivity contribution in [2.24, 2.45) is 0 Å². The number of carboxylic acids is 1. The standard InChI is InChI=1S/C24H26O8/c1-28-14-30-18-12-19(24(27)16-6-4-3-5-7-16)23(21(13-18)31-15-29-2)20-10-8-17(32-20)9-11-22(25)26/h3-8,10,12-13,24,27H,9,11,14-15H2,1-2H3,(H,25,26). The largest absolute Gasteiger partial charge is 0.481 e. The molecule has 2 N–H and O–H groups in total. The third-order valence-corrected chi connectivity index (χ3v) is 4.69. The van der Waals surface area contributed by atoms with Gasteiger partial charge in [0, 0.05) is 32.3 Å². The van der Waals surface area contributed by atoms with E-state index in [0.29, 0.717) is 39.7 Å². The van der Waals surface area contributed by atoms with Crippen LogP contribution in [0, 0.1) is 0 Å². The SMILES string of the molecule is COCOc1cc(OCOC)c(-c2ccc(CCC(=O)O)o2)c(C(O)c2ccccc2)c1. The molecule has 0 aliphatic heterocycles. The monoisotopic (exact) mass is 442 g/mol. The van der Waals surface area contributed by atoms with Crippen LogP contribution >= 0.6 is 0 Å². The molecule has 0 aliphatic carbocycles. The van der Waals surface area contributed by atoms with E-state index < -0.39 is 12.1 Å². The van der Waals surface area contributed by atoms with Gasteiger partial charge in [0.25, 0.3) is 0 Å². The van der Waals surface area contributed by atoms with Crippen molar-refractivity contribution in [1.82, 2.24) is 0 Å². The van der Waals surface area contributed by atoms with Gasteiger partial charge in [-0.15, -0.1) is 0 Å². The lowest BCUT2D eigenvalue weighted by Gasteiger charge is -2.20. The van der Waals surface area contributed by atoms with E-state index in [4.69, 9.17) is 28.5 Å². The number of furan rings is 1. The number of ether oxygens (including phenoxy) is 4. The summed E-state index contributed by atoms with van der Waals surface area (Å²) in [7, 11) is 3.01. The molecule has 0 aliphatic rings. The molecule has 1 unspecified atom stereocenters. The van der Waals surface area contributed by atoms with Gasteiger partial charge in [-0.2, -0.15) is 0 Å². The van der Waals surface area contributed by atoms with Gasteiger partial charge in [-0.1, -0.05) is 30.3 Å². The maximum absolute atomic E-state index is 11.2. The summed E-state index contributed by atoms with van der Waals surface area (Å²) in [6.07, 6.45) is -0.812. The quantitative estimate of drug-likeness (QED) is 0.405. The molecule has 3 rings (SSSR count). The van der Waals surface area contributed by atoms with Crippen molar-refractivity contribution < 1.29 is 38.4 Å². The molecular weight excluding hydrogens is 416 g/mol. The summed E-state index contributed by atoms with van der Waals surface area (Å²) < 4.78 is 27.4. The highest BCUT2D eigenvalue weighted by molar-refractivity contribution is 5.73. The summed E-state index contributed by atoms with van der Waals surface area (Å²) in [4.78, 5) is 10.9. The third kappa shape index (κ3) is 5.88. The first-order valence-electron chi connectivity index (χ1n) is 9.98. The van der Waals surface area contributed by atoms with Gasteiger partial charge in [-0.05, 0) is 23.8 Å². The van der Waals surface area contributed by atoms with E-state index in [-0.39, 0.29) is 26.4 Å². The number of benzene rings is 2. The maximum Gasteiger partial charge on any atom is 0.303 e. The lowest BCUT2D eigenvalue weighted by molar-refractivity contribution is -0.137. The van der Waals surface area contributed by atoms with E-state index in [2.05, 4.69) is 0 Å². The summed E-state index contributed by atoms with van der Waals surface area (Å²) >= 11 is 0. The number of rotatable bonds is 12. The fourth-order valence-corrected chi connectivity index (χ4v) is 3.23. The lowest BCUT2D eigenvalue weighted by Crippen LogP contribution is -2.08. The lowest BCUT2D eigenvalue weighted by atomic mass is 9.94. The van der Waals surface area contributed by atoms with Crippen molar-refractivity contribution >= 4 is 5.97 Å². The molecular formula is C24H26O8. The molecule has 1 atom stereocenters. The summed E-state index contributed by atoms with van der Waals surface area (Å²) in [5.74, 6) is 0.848. The van der Waals surface area contributed by atoms with Gasteiger partial charge in [0.2, 0.25) is 0 Å². The highest BCUT2D eigenvalue weighted by Crippen LogP contribution is 2.42. The van der Waals surface area contributed by atoms with Gasteiger partial charge >= 0.3 is 5.97 Å². The molecule has 8 heteroatoms. The Morgan fingerprint density at radius 2 is 1.72 bits per heavy atom. The molecule has 2 aromatic carbocycles. The molecule has 1 heterocycles. The number of hydrogen-bond donors (Lipinski definition) is 2. The van der Waals surface area contributed by atoms with E-state index in [1.807, 2.05) is 30.3 Å². The van der Waals surface area contributed by atoms with Crippen LogP contribution in [0.3, 0.4) is 0 Å². The fourth-order valence-electron chi connectivity index (χ4n) is 3.23. The second-order valence-electron chi connectivity index (χ2n) is 6.96. The first-order valence-corrected chi connectivity index (χ1v) is 9.98. The smallest absolute Gasteiger partial charge is 0.303 e. The molecule has 0 fully saturated rings. The van der Waals surface area contributed by atoms with E-state index in [1.165, 1.54) is 14.2 Å². The van der Waals surface area contributed by atoms with Gasteiger partial charge in [-0.25, -0.2) is 0 Å². The predicted octanol–water partition coefficient (Wildman–Crippen LogP) is 4.01. The molecule has 3 aromatic rings. The van der Waals surface area contributed by atoms with Crippen LogP contribution in [-0.4, -0.2) is 44.0 Å². The summed E-state index contributed by atoms with van der Waals surface area (Å²) in [5, 5.41) is 20.2. The van der Waals surface area contributed by atoms with Gasteiger partial charge in [0.05, 0.1) is 12.0 Å². The Hall–Kier alpha value is -3.33. The van der Waals surface area contributed by atoms with E-state index in [0.717, 1.165) is 0 Å². The van der Waals surface area contributed by atoms with Crippen LogP contribution in [0.5, 0.6) is 11.5 Å². The van der Waals surface area contributed by atoms with Crippen molar-refractivity contribution in [1.29, 1.82) is 0 Å². The van der Waals surface area contributed by atoms with Gasteiger partial charge < -0.3 is 33.6 Å². The molecule has 170 valence electrons. The Morgan fingerprint density at radius 1 is 1.00 bits per heavy atom. The Bertz CT molecular complexity index is 1010. The van der Waals surface area contributed by atoms with Crippen molar-refractivity contribution in [2.45, 2.75) is 18.9 Å². The second kappa shape index (κ2) is 11.3. The highest BCUT2D eigenvalue weighted by atomic mass is 16.7.